The Labute approximate surface area is 198 Å². The minimum absolute atomic E-state index is 0.0555. The molecule has 3 aromatic rings. The molecule has 0 spiro atoms. The van der Waals surface area contributed by atoms with E-state index in [1.807, 2.05) is 31.2 Å². The van der Waals surface area contributed by atoms with Crippen molar-refractivity contribution in [1.82, 2.24) is 14.8 Å². The van der Waals surface area contributed by atoms with Gasteiger partial charge in [-0.2, -0.15) is 10.1 Å². The molecule has 9 heteroatoms. The summed E-state index contributed by atoms with van der Waals surface area (Å²) < 4.78 is 12.2. The van der Waals surface area contributed by atoms with E-state index in [1.165, 1.54) is 6.33 Å². The molecule has 176 valence electrons. The van der Waals surface area contributed by atoms with Crippen molar-refractivity contribution in [2.45, 2.75) is 26.8 Å². The summed E-state index contributed by atoms with van der Waals surface area (Å²) in [6.45, 7) is 5.74. The minimum Gasteiger partial charge on any atom is -0.497 e. The number of aryl methyl sites for hydroxylation is 1. The van der Waals surface area contributed by atoms with Crippen molar-refractivity contribution in [3.05, 3.63) is 77.3 Å². The van der Waals surface area contributed by atoms with Crippen LogP contribution in [-0.4, -0.2) is 46.9 Å². The number of hydrogen-bond acceptors (Lipinski definition) is 7. The maximum absolute atomic E-state index is 13.1. The highest BCUT2D eigenvalue weighted by Gasteiger charge is 2.38. The first-order valence-corrected chi connectivity index (χ1v) is 11.0. The number of hydrogen-bond donors (Lipinski definition) is 1. The number of fused-ring (bicyclic) bond motifs is 1. The van der Waals surface area contributed by atoms with Crippen LogP contribution in [0.15, 0.2) is 66.1 Å². The summed E-state index contributed by atoms with van der Waals surface area (Å²) in [5, 5.41) is 7.27. The molecule has 1 atom stereocenters. The molecule has 0 saturated heterocycles. The molecule has 9 nitrogen and oxygen atoms in total. The third-order valence-corrected chi connectivity index (χ3v) is 5.67. The summed E-state index contributed by atoms with van der Waals surface area (Å²) in [4.78, 5) is 32.1. The number of carbonyl (C=O) groups excluding carboxylic acids is 2. The topological polar surface area (TPSA) is 98.6 Å². The minimum atomic E-state index is -0.516. The molecule has 1 aliphatic rings. The first kappa shape index (κ1) is 23.0. The number of amides is 1. The van der Waals surface area contributed by atoms with Crippen molar-refractivity contribution in [3.8, 4) is 5.75 Å². The Morgan fingerprint density at radius 1 is 1.06 bits per heavy atom. The van der Waals surface area contributed by atoms with Crippen LogP contribution in [0.2, 0.25) is 0 Å². The molecule has 4 rings (SSSR count). The molecule has 2 heterocycles. The number of rotatable bonds is 7. The van der Waals surface area contributed by atoms with Crippen LogP contribution >= 0.6 is 0 Å². The maximum Gasteiger partial charge on any atom is 0.338 e. The Kier molecular flexibility index (Phi) is 6.62. The highest BCUT2D eigenvalue weighted by molar-refractivity contribution is 5.96. The van der Waals surface area contributed by atoms with Gasteiger partial charge in [0.1, 0.15) is 24.7 Å². The van der Waals surface area contributed by atoms with E-state index >= 15 is 0 Å². The van der Waals surface area contributed by atoms with E-state index in [9.17, 15) is 9.59 Å². The van der Waals surface area contributed by atoms with Crippen LogP contribution in [0.1, 0.15) is 31.0 Å². The van der Waals surface area contributed by atoms with E-state index in [1.54, 1.807) is 54.8 Å². The van der Waals surface area contributed by atoms with E-state index in [2.05, 4.69) is 15.4 Å². The molecule has 34 heavy (non-hydrogen) atoms. The van der Waals surface area contributed by atoms with Crippen LogP contribution in [0, 0.1) is 6.92 Å². The molecule has 0 aliphatic carbocycles. The number of nitrogens with zero attached hydrogens (tertiary/aromatic N) is 4. The Balaban J connectivity index is 1.69. The standard InChI is InChI=1S/C25H27N5O4/c1-5-34-24(32)22-17(3)29(14-21(31)28-19-10-12-20(33-4)13-11-19)25-26-15-27-30(25)23(22)18-8-6-16(2)7-9-18/h6-13,15,23H,5,14H2,1-4H3,(H,28,31)/t23-/m0/s1. The van der Waals surface area contributed by atoms with Crippen molar-refractivity contribution in [2.24, 2.45) is 0 Å². The fraction of sp³-hybridized carbons (Fsp3) is 0.280. The van der Waals surface area contributed by atoms with Gasteiger partial charge in [-0.3, -0.25) is 4.79 Å². The Morgan fingerprint density at radius 2 is 1.76 bits per heavy atom. The van der Waals surface area contributed by atoms with Gasteiger partial charge in [-0.15, -0.1) is 0 Å². The van der Waals surface area contributed by atoms with Gasteiger partial charge >= 0.3 is 5.97 Å². The first-order valence-electron chi connectivity index (χ1n) is 11.0. The number of methoxy groups -OCH3 is 1. The van der Waals surface area contributed by atoms with Gasteiger partial charge in [0.2, 0.25) is 11.9 Å². The zero-order valence-corrected chi connectivity index (χ0v) is 19.6. The predicted octanol–water partition coefficient (Wildman–Crippen LogP) is 3.48. The first-order chi connectivity index (χ1) is 16.4. The van der Waals surface area contributed by atoms with E-state index in [0.29, 0.717) is 28.7 Å². The average molecular weight is 462 g/mol. The molecule has 0 unspecified atom stereocenters. The normalized spacial score (nSPS) is 15.1. The molecule has 1 aromatic heterocycles. The van der Waals surface area contributed by atoms with Crippen molar-refractivity contribution in [3.63, 3.8) is 0 Å². The molecule has 0 radical (unpaired) electrons. The monoisotopic (exact) mass is 461 g/mol. The molecule has 1 amide bonds. The number of nitrogens with one attached hydrogen (secondary N) is 1. The van der Waals surface area contributed by atoms with Gasteiger partial charge in [-0.05, 0) is 50.6 Å². The van der Waals surface area contributed by atoms with Crippen LogP contribution < -0.4 is 15.0 Å². The number of ether oxygens (including phenoxy) is 2. The lowest BCUT2D eigenvalue weighted by molar-refractivity contribution is -0.139. The molecule has 1 aliphatic heterocycles. The molecule has 0 saturated carbocycles. The molecular weight excluding hydrogens is 434 g/mol. The van der Waals surface area contributed by atoms with Gasteiger partial charge in [0.15, 0.2) is 0 Å². The quantitative estimate of drug-likeness (QED) is 0.538. The second-order valence-electron chi connectivity index (χ2n) is 7.90. The Morgan fingerprint density at radius 3 is 2.41 bits per heavy atom. The van der Waals surface area contributed by atoms with Crippen LogP contribution in [0.3, 0.4) is 0 Å². The third-order valence-electron chi connectivity index (χ3n) is 5.67. The maximum atomic E-state index is 13.1. The summed E-state index contributed by atoms with van der Waals surface area (Å²) in [6, 6.07) is 14.4. The second kappa shape index (κ2) is 9.78. The van der Waals surface area contributed by atoms with Crippen molar-refractivity contribution in [2.75, 3.05) is 30.5 Å². The highest BCUT2D eigenvalue weighted by Crippen LogP contribution is 2.38. The molecular formula is C25H27N5O4. The number of carbonyl (C=O) groups is 2. The average Bonchev–Trinajstić information content (AvgIpc) is 3.31. The van der Waals surface area contributed by atoms with Crippen LogP contribution in [-0.2, 0) is 14.3 Å². The highest BCUT2D eigenvalue weighted by atomic mass is 16.5. The Bertz CT molecular complexity index is 1210. The molecule has 0 bridgehead atoms. The smallest absolute Gasteiger partial charge is 0.338 e. The summed E-state index contributed by atoms with van der Waals surface area (Å²) in [7, 11) is 1.58. The van der Waals surface area contributed by atoms with Gasteiger partial charge in [-0.25, -0.2) is 9.48 Å². The van der Waals surface area contributed by atoms with E-state index in [-0.39, 0.29) is 19.1 Å². The summed E-state index contributed by atoms with van der Waals surface area (Å²) in [5.74, 6) is 0.450. The predicted molar refractivity (Wildman–Crippen MR) is 128 cm³/mol. The molecule has 0 fully saturated rings. The lowest BCUT2D eigenvalue weighted by atomic mass is 9.94. The van der Waals surface area contributed by atoms with Crippen LogP contribution in [0.4, 0.5) is 11.6 Å². The molecule has 1 N–H and O–H groups in total. The summed E-state index contributed by atoms with van der Waals surface area (Å²) in [6.07, 6.45) is 1.42. The number of benzene rings is 2. The van der Waals surface area contributed by atoms with Gasteiger partial charge < -0.3 is 19.7 Å². The van der Waals surface area contributed by atoms with Gasteiger partial charge in [0.05, 0.1) is 19.3 Å². The van der Waals surface area contributed by atoms with Crippen molar-refractivity contribution >= 4 is 23.5 Å². The molecule has 2 aromatic carbocycles. The lowest BCUT2D eigenvalue weighted by Crippen LogP contribution is -2.40. The number of esters is 1. The van der Waals surface area contributed by atoms with E-state index in [4.69, 9.17) is 9.47 Å². The van der Waals surface area contributed by atoms with Gasteiger partial charge in [0.25, 0.3) is 0 Å². The van der Waals surface area contributed by atoms with E-state index < -0.39 is 12.0 Å². The summed E-state index contributed by atoms with van der Waals surface area (Å²) >= 11 is 0. The summed E-state index contributed by atoms with van der Waals surface area (Å²) in [5.41, 5.74) is 3.63. The number of aromatic nitrogens is 3. The van der Waals surface area contributed by atoms with Crippen LogP contribution in [0.5, 0.6) is 5.75 Å². The van der Waals surface area contributed by atoms with Crippen molar-refractivity contribution < 1.29 is 19.1 Å². The SMILES string of the molecule is CCOC(=O)C1=C(C)N(CC(=O)Nc2ccc(OC)cc2)c2ncnn2[C@H]1c1ccc(C)cc1. The van der Waals surface area contributed by atoms with Crippen molar-refractivity contribution in [1.29, 1.82) is 0 Å². The zero-order chi connectivity index (χ0) is 24.2. The second-order valence-corrected chi connectivity index (χ2v) is 7.90. The largest absolute Gasteiger partial charge is 0.497 e. The van der Waals surface area contributed by atoms with E-state index in [0.717, 1.165) is 11.1 Å². The third kappa shape index (κ3) is 4.50. The van der Waals surface area contributed by atoms with Crippen LogP contribution in [0.25, 0.3) is 0 Å². The zero-order valence-electron chi connectivity index (χ0n) is 19.6. The fourth-order valence-corrected chi connectivity index (χ4v) is 3.97. The Hall–Kier alpha value is -4.14. The lowest BCUT2D eigenvalue weighted by Gasteiger charge is -2.35. The number of anilines is 2. The van der Waals surface area contributed by atoms with Gasteiger partial charge in [0, 0.05) is 11.4 Å². The number of allylic oxidation sites excluding steroid dienone is 1. The van der Waals surface area contributed by atoms with Gasteiger partial charge in [-0.1, -0.05) is 29.8 Å². The fourth-order valence-electron chi connectivity index (χ4n) is 3.97.